The second-order valence-corrected chi connectivity index (χ2v) is 13.6. The molecule has 3 aromatic rings. The number of hydrogen-bond acceptors (Lipinski definition) is 5. The van der Waals surface area contributed by atoms with Crippen molar-refractivity contribution in [2.45, 2.75) is 62.7 Å². The lowest BCUT2D eigenvalue weighted by molar-refractivity contribution is -0.137. The zero-order valence-corrected chi connectivity index (χ0v) is 25.0. The van der Waals surface area contributed by atoms with Gasteiger partial charge in [-0.15, -0.1) is 0 Å². The molecule has 3 rings (SSSR count). The summed E-state index contributed by atoms with van der Waals surface area (Å²) >= 11 is 0. The van der Waals surface area contributed by atoms with Crippen molar-refractivity contribution in [3.8, 4) is 5.75 Å². The third-order valence-electron chi connectivity index (χ3n) is 6.83. The largest absolute Gasteiger partial charge is 0.493 e. The van der Waals surface area contributed by atoms with E-state index in [-0.39, 0.29) is 35.2 Å². The molecule has 5 nitrogen and oxygen atoms in total. The van der Waals surface area contributed by atoms with Crippen molar-refractivity contribution < 1.29 is 40.2 Å². The molecular weight excluding hydrogens is 577 g/mol. The van der Waals surface area contributed by atoms with Crippen molar-refractivity contribution in [1.82, 2.24) is 4.90 Å². The van der Waals surface area contributed by atoms with Gasteiger partial charge in [-0.2, -0.15) is 13.2 Å². The number of benzene rings is 3. The second-order valence-electron chi connectivity index (χ2n) is 11.6. The van der Waals surface area contributed by atoms with Crippen LogP contribution in [0, 0.1) is 11.6 Å². The summed E-state index contributed by atoms with van der Waals surface area (Å²) < 4.78 is 98.7. The number of sulfone groups is 1. The van der Waals surface area contributed by atoms with Crippen LogP contribution in [0.5, 0.6) is 5.75 Å². The molecule has 0 amide bonds. The number of nitrogens with zero attached hydrogens (tertiary/aromatic N) is 1. The van der Waals surface area contributed by atoms with E-state index in [1.807, 2.05) is 18.7 Å². The van der Waals surface area contributed by atoms with E-state index in [4.69, 9.17) is 4.74 Å². The van der Waals surface area contributed by atoms with Crippen LogP contribution in [0.4, 0.5) is 22.0 Å². The van der Waals surface area contributed by atoms with E-state index < -0.39 is 38.4 Å². The van der Waals surface area contributed by atoms with E-state index in [2.05, 4.69) is 0 Å². The molecular formula is C31H36F5NO4S. The molecule has 0 heterocycles. The average Bonchev–Trinajstić information content (AvgIpc) is 2.84. The Kier molecular flexibility index (Phi) is 10.1. The highest BCUT2D eigenvalue weighted by atomic mass is 32.2. The molecule has 0 bridgehead atoms. The predicted molar refractivity (Wildman–Crippen MR) is 151 cm³/mol. The van der Waals surface area contributed by atoms with Crippen LogP contribution >= 0.6 is 0 Å². The molecule has 0 saturated heterocycles. The highest BCUT2D eigenvalue weighted by molar-refractivity contribution is 7.90. The molecule has 0 atom stereocenters. The van der Waals surface area contributed by atoms with Crippen molar-refractivity contribution in [3.63, 3.8) is 0 Å². The molecule has 3 aromatic carbocycles. The van der Waals surface area contributed by atoms with E-state index in [1.165, 1.54) is 38.1 Å². The molecule has 42 heavy (non-hydrogen) atoms. The van der Waals surface area contributed by atoms with Crippen molar-refractivity contribution in [1.29, 1.82) is 0 Å². The first kappa shape index (κ1) is 33.5. The normalized spacial score (nSPS) is 13.0. The summed E-state index contributed by atoms with van der Waals surface area (Å²) in [6.45, 7) is 7.53. The van der Waals surface area contributed by atoms with E-state index in [0.29, 0.717) is 25.1 Å². The number of halogens is 5. The van der Waals surface area contributed by atoms with Crippen LogP contribution in [-0.2, 0) is 33.6 Å². The Morgan fingerprint density at radius 2 is 1.55 bits per heavy atom. The second kappa shape index (κ2) is 12.7. The van der Waals surface area contributed by atoms with Crippen LogP contribution in [0.2, 0.25) is 0 Å². The number of aliphatic hydroxyl groups is 1. The van der Waals surface area contributed by atoms with Crippen LogP contribution < -0.4 is 4.74 Å². The molecule has 11 heteroatoms. The van der Waals surface area contributed by atoms with Gasteiger partial charge in [0.15, 0.2) is 9.84 Å². The molecule has 0 aromatic heterocycles. The van der Waals surface area contributed by atoms with E-state index >= 15 is 0 Å². The van der Waals surface area contributed by atoms with Crippen LogP contribution in [-0.4, -0.2) is 44.4 Å². The van der Waals surface area contributed by atoms with Gasteiger partial charge < -0.3 is 9.84 Å². The molecule has 230 valence electrons. The zero-order valence-electron chi connectivity index (χ0n) is 24.2. The van der Waals surface area contributed by atoms with Gasteiger partial charge >= 0.3 is 6.18 Å². The van der Waals surface area contributed by atoms with Crippen LogP contribution in [0.25, 0.3) is 0 Å². The minimum absolute atomic E-state index is 0.0306. The van der Waals surface area contributed by atoms with E-state index in [1.54, 1.807) is 18.2 Å². The third kappa shape index (κ3) is 8.99. The SMILES string of the molecule is CC(C)(O)c1c(F)cc(OCCCN(Cc2cccc(C(F)(F)F)c2)CC(C)(C)c2ccc(F)cc2)cc1S(C)(=O)=O. The smallest absolute Gasteiger partial charge is 0.416 e. The first-order valence-electron chi connectivity index (χ1n) is 13.3. The Labute approximate surface area is 243 Å². The lowest BCUT2D eigenvalue weighted by Crippen LogP contribution is -2.37. The van der Waals surface area contributed by atoms with Crippen molar-refractivity contribution >= 4 is 9.84 Å². The zero-order chi connectivity index (χ0) is 31.5. The molecule has 0 unspecified atom stereocenters. The third-order valence-corrected chi connectivity index (χ3v) is 7.95. The highest BCUT2D eigenvalue weighted by Crippen LogP contribution is 2.34. The topological polar surface area (TPSA) is 66.8 Å². The van der Waals surface area contributed by atoms with Gasteiger partial charge in [-0.3, -0.25) is 4.90 Å². The monoisotopic (exact) mass is 613 g/mol. The average molecular weight is 614 g/mol. The fourth-order valence-corrected chi connectivity index (χ4v) is 5.92. The maximum Gasteiger partial charge on any atom is 0.416 e. The Morgan fingerprint density at radius 3 is 2.12 bits per heavy atom. The predicted octanol–water partition coefficient (Wildman–Crippen LogP) is 6.86. The van der Waals surface area contributed by atoms with Crippen LogP contribution in [0.15, 0.2) is 65.6 Å². The Hall–Kier alpha value is -3.02. The van der Waals surface area contributed by atoms with E-state index in [0.717, 1.165) is 30.0 Å². The lowest BCUT2D eigenvalue weighted by Gasteiger charge is -2.33. The standard InChI is InChI=1S/C31H36F5NO4S/c1-29(2,22-10-12-24(32)13-11-22)20-37(19-21-8-6-9-23(16-21)31(34,35)36)14-7-15-41-25-17-26(33)28(30(3,4)38)27(18-25)42(5,39)40/h6,8-13,16-18,38H,7,14-15,19-20H2,1-5H3. The van der Waals surface area contributed by atoms with Crippen molar-refractivity contribution in [2.24, 2.45) is 0 Å². The van der Waals surface area contributed by atoms with Gasteiger partial charge in [-0.25, -0.2) is 17.2 Å². The van der Waals surface area contributed by atoms with Gasteiger partial charge in [-0.05, 0) is 55.7 Å². The maximum atomic E-state index is 14.9. The molecule has 0 radical (unpaired) electrons. The molecule has 0 saturated carbocycles. The highest BCUT2D eigenvalue weighted by Gasteiger charge is 2.32. The molecule has 0 fully saturated rings. The minimum atomic E-state index is -4.48. The summed E-state index contributed by atoms with van der Waals surface area (Å²) in [5.41, 5.74) is -2.03. The van der Waals surface area contributed by atoms with Gasteiger partial charge in [0, 0.05) is 42.9 Å². The van der Waals surface area contributed by atoms with Gasteiger partial charge in [-0.1, -0.05) is 44.2 Å². The summed E-state index contributed by atoms with van der Waals surface area (Å²) in [5.74, 6) is -1.33. The van der Waals surface area contributed by atoms with Gasteiger partial charge in [0.2, 0.25) is 0 Å². The fourth-order valence-electron chi connectivity index (χ4n) is 4.88. The van der Waals surface area contributed by atoms with Gasteiger partial charge in [0.1, 0.15) is 17.4 Å². The Balaban J connectivity index is 1.80. The maximum absolute atomic E-state index is 14.9. The van der Waals surface area contributed by atoms with Crippen LogP contribution in [0.1, 0.15) is 56.4 Å². The minimum Gasteiger partial charge on any atom is -0.493 e. The molecule has 0 aliphatic rings. The van der Waals surface area contributed by atoms with Gasteiger partial charge in [0.05, 0.1) is 22.7 Å². The number of alkyl halides is 3. The number of hydrogen-bond donors (Lipinski definition) is 1. The first-order valence-corrected chi connectivity index (χ1v) is 15.2. The number of ether oxygens (including phenoxy) is 1. The van der Waals surface area contributed by atoms with E-state index in [9.17, 15) is 35.5 Å². The Bertz CT molecular complexity index is 1480. The van der Waals surface area contributed by atoms with Crippen molar-refractivity contribution in [3.05, 3.63) is 94.6 Å². The summed E-state index contributed by atoms with van der Waals surface area (Å²) in [6, 6.07) is 13.3. The quantitative estimate of drug-likeness (QED) is 0.179. The van der Waals surface area contributed by atoms with Crippen LogP contribution in [0.3, 0.4) is 0 Å². The lowest BCUT2D eigenvalue weighted by atomic mass is 9.84. The molecule has 0 aliphatic heterocycles. The molecule has 1 N–H and O–H groups in total. The van der Waals surface area contributed by atoms with Gasteiger partial charge in [0.25, 0.3) is 0 Å². The molecule has 0 spiro atoms. The Morgan fingerprint density at radius 1 is 0.905 bits per heavy atom. The first-order chi connectivity index (χ1) is 19.3. The van der Waals surface area contributed by atoms with Crippen molar-refractivity contribution in [2.75, 3.05) is 26.0 Å². The summed E-state index contributed by atoms with van der Waals surface area (Å²) in [6.07, 6.45) is -3.19. The fraction of sp³-hybridized carbons (Fsp3) is 0.419. The summed E-state index contributed by atoms with van der Waals surface area (Å²) in [5, 5.41) is 10.3. The molecule has 0 aliphatic carbocycles. The number of rotatable bonds is 12. The summed E-state index contributed by atoms with van der Waals surface area (Å²) in [4.78, 5) is 1.58. The summed E-state index contributed by atoms with van der Waals surface area (Å²) in [7, 11) is -3.90.